The van der Waals surface area contributed by atoms with Crippen molar-refractivity contribution >= 4 is 0 Å². The molecule has 0 spiro atoms. The summed E-state index contributed by atoms with van der Waals surface area (Å²) in [6.07, 6.45) is 19.1. The summed E-state index contributed by atoms with van der Waals surface area (Å²) in [5, 5.41) is 6.74. The highest BCUT2D eigenvalue weighted by Gasteiger charge is 1.90. The molecule has 0 aliphatic rings. The van der Waals surface area contributed by atoms with Gasteiger partial charge in [0.2, 0.25) is 0 Å². The predicted octanol–water partition coefficient (Wildman–Crippen LogP) is 3.95. The lowest BCUT2D eigenvalue weighted by molar-refractivity contribution is 0.577. The summed E-state index contributed by atoms with van der Waals surface area (Å²) < 4.78 is 0. The van der Waals surface area contributed by atoms with Crippen molar-refractivity contribution in [3.8, 4) is 0 Å². The van der Waals surface area contributed by atoms with Crippen molar-refractivity contribution in [1.29, 1.82) is 0 Å². The van der Waals surface area contributed by atoms with Gasteiger partial charge in [-0.25, -0.2) is 0 Å². The highest BCUT2D eigenvalue weighted by atomic mass is 14.9. The predicted molar refractivity (Wildman–Crippen MR) is 95.5 cm³/mol. The minimum Gasteiger partial charge on any atom is -0.391 e. The van der Waals surface area contributed by atoms with Crippen LogP contribution in [0.5, 0.6) is 0 Å². The van der Waals surface area contributed by atoms with Crippen LogP contribution >= 0.6 is 0 Å². The van der Waals surface area contributed by atoms with Gasteiger partial charge in [0.05, 0.1) is 0 Å². The normalized spacial score (nSPS) is 11.3. The highest BCUT2D eigenvalue weighted by Crippen LogP contribution is 2.09. The Morgan fingerprint density at radius 1 is 0.762 bits per heavy atom. The van der Waals surface area contributed by atoms with Gasteiger partial charge in [-0.3, -0.25) is 0 Å². The van der Waals surface area contributed by atoms with Crippen LogP contribution in [0.4, 0.5) is 0 Å². The number of hydrogen-bond donors (Lipinski definition) is 3. The standard InChI is InChI=1S/C18H39N3/c1-2-3-4-5-6-7-8-9-10-11-15-20-17-13-18-21-16-12-14-19/h11,15,20-21H,2-10,12-14,16-19H2,1H3/b15-11+. The average molecular weight is 298 g/mol. The summed E-state index contributed by atoms with van der Waals surface area (Å²) in [6, 6.07) is 0. The number of nitrogens with two attached hydrogens (primary N) is 1. The van der Waals surface area contributed by atoms with E-state index in [1.54, 1.807) is 0 Å². The average Bonchev–Trinajstić information content (AvgIpc) is 2.50. The fourth-order valence-corrected chi connectivity index (χ4v) is 2.31. The van der Waals surface area contributed by atoms with E-state index in [2.05, 4.69) is 29.8 Å². The third kappa shape index (κ3) is 19.5. The molecule has 0 bridgehead atoms. The number of allylic oxidation sites excluding steroid dienone is 1. The van der Waals surface area contributed by atoms with Gasteiger partial charge in [0.15, 0.2) is 0 Å². The molecule has 21 heavy (non-hydrogen) atoms. The third-order valence-electron chi connectivity index (χ3n) is 3.69. The van der Waals surface area contributed by atoms with Gasteiger partial charge in [-0.1, -0.05) is 57.9 Å². The van der Waals surface area contributed by atoms with Gasteiger partial charge in [-0.05, 0) is 51.5 Å². The Bertz CT molecular complexity index is 205. The summed E-state index contributed by atoms with van der Waals surface area (Å²) in [6.45, 7) is 6.25. The lowest BCUT2D eigenvalue weighted by Crippen LogP contribution is -2.22. The zero-order valence-electron chi connectivity index (χ0n) is 14.3. The lowest BCUT2D eigenvalue weighted by atomic mass is 10.1. The van der Waals surface area contributed by atoms with E-state index in [4.69, 9.17) is 5.73 Å². The number of unbranched alkanes of at least 4 members (excludes halogenated alkanes) is 8. The molecule has 0 aromatic heterocycles. The van der Waals surface area contributed by atoms with E-state index in [1.807, 2.05) is 0 Å². The van der Waals surface area contributed by atoms with Gasteiger partial charge in [-0.15, -0.1) is 0 Å². The Morgan fingerprint density at radius 3 is 2.14 bits per heavy atom. The van der Waals surface area contributed by atoms with Crippen LogP contribution in [0.25, 0.3) is 0 Å². The molecule has 4 N–H and O–H groups in total. The van der Waals surface area contributed by atoms with Crippen molar-refractivity contribution in [3.63, 3.8) is 0 Å². The molecule has 0 atom stereocenters. The van der Waals surface area contributed by atoms with Crippen molar-refractivity contribution < 1.29 is 0 Å². The SMILES string of the molecule is CCCCCCCCCC/C=C/NCCCNCCCN. The monoisotopic (exact) mass is 297 g/mol. The molecule has 0 rings (SSSR count). The summed E-state index contributed by atoms with van der Waals surface area (Å²) in [5.41, 5.74) is 5.43. The van der Waals surface area contributed by atoms with Crippen LogP contribution in [0.2, 0.25) is 0 Å². The van der Waals surface area contributed by atoms with Crippen molar-refractivity contribution in [2.45, 2.75) is 77.6 Å². The third-order valence-corrected chi connectivity index (χ3v) is 3.69. The van der Waals surface area contributed by atoms with Crippen LogP contribution in [0.15, 0.2) is 12.3 Å². The Hall–Kier alpha value is -0.540. The van der Waals surface area contributed by atoms with E-state index >= 15 is 0 Å². The van der Waals surface area contributed by atoms with Gasteiger partial charge in [0.25, 0.3) is 0 Å². The molecule has 0 saturated heterocycles. The zero-order valence-corrected chi connectivity index (χ0v) is 14.3. The molecule has 0 amide bonds. The number of rotatable bonds is 17. The molecule has 0 fully saturated rings. The molecule has 0 aliphatic carbocycles. The number of hydrogen-bond acceptors (Lipinski definition) is 3. The summed E-state index contributed by atoms with van der Waals surface area (Å²) >= 11 is 0. The summed E-state index contributed by atoms with van der Waals surface area (Å²) in [4.78, 5) is 0. The molecule has 0 aromatic carbocycles. The van der Waals surface area contributed by atoms with Crippen LogP contribution < -0.4 is 16.4 Å². The molecular formula is C18H39N3. The maximum Gasteiger partial charge on any atom is 0.0153 e. The van der Waals surface area contributed by atoms with Crippen LogP contribution in [-0.2, 0) is 0 Å². The molecule has 0 aromatic rings. The van der Waals surface area contributed by atoms with E-state index in [0.29, 0.717) is 0 Å². The van der Waals surface area contributed by atoms with Gasteiger partial charge in [0, 0.05) is 6.54 Å². The maximum atomic E-state index is 5.43. The second-order valence-corrected chi connectivity index (χ2v) is 5.87. The van der Waals surface area contributed by atoms with E-state index in [1.165, 1.54) is 64.2 Å². The summed E-state index contributed by atoms with van der Waals surface area (Å²) in [5.74, 6) is 0. The molecule has 0 radical (unpaired) electrons. The smallest absolute Gasteiger partial charge is 0.0153 e. The van der Waals surface area contributed by atoms with Crippen LogP contribution in [0, 0.1) is 0 Å². The quantitative estimate of drug-likeness (QED) is 0.356. The van der Waals surface area contributed by atoms with Crippen molar-refractivity contribution in [2.24, 2.45) is 5.73 Å². The molecule has 0 heterocycles. The summed E-state index contributed by atoms with van der Waals surface area (Å²) in [7, 11) is 0. The first kappa shape index (κ1) is 20.5. The molecule has 126 valence electrons. The minimum absolute atomic E-state index is 0.784. The number of nitrogens with one attached hydrogen (secondary N) is 2. The van der Waals surface area contributed by atoms with E-state index < -0.39 is 0 Å². The molecule has 0 aliphatic heterocycles. The van der Waals surface area contributed by atoms with Gasteiger partial charge in [-0.2, -0.15) is 0 Å². The highest BCUT2D eigenvalue weighted by molar-refractivity contribution is 4.79. The van der Waals surface area contributed by atoms with Crippen molar-refractivity contribution in [1.82, 2.24) is 10.6 Å². The molecule has 3 heteroatoms. The minimum atomic E-state index is 0.784. The fraction of sp³-hybridized carbons (Fsp3) is 0.889. The molecule has 3 nitrogen and oxygen atoms in total. The Labute approximate surface area is 133 Å². The molecular weight excluding hydrogens is 258 g/mol. The van der Waals surface area contributed by atoms with Crippen LogP contribution in [0.1, 0.15) is 77.6 Å². The largest absolute Gasteiger partial charge is 0.391 e. The first-order valence-electron chi connectivity index (χ1n) is 9.21. The van der Waals surface area contributed by atoms with E-state index in [-0.39, 0.29) is 0 Å². The second kappa shape index (κ2) is 19.5. The zero-order chi connectivity index (χ0) is 15.4. The first-order chi connectivity index (χ1) is 10.4. The van der Waals surface area contributed by atoms with Crippen molar-refractivity contribution in [2.75, 3.05) is 26.2 Å². The first-order valence-corrected chi connectivity index (χ1v) is 9.21. The Balaban J connectivity index is 3.02. The molecule has 0 unspecified atom stereocenters. The lowest BCUT2D eigenvalue weighted by Gasteiger charge is -2.03. The van der Waals surface area contributed by atoms with Crippen LogP contribution in [-0.4, -0.2) is 26.2 Å². The van der Waals surface area contributed by atoms with Gasteiger partial charge < -0.3 is 16.4 Å². The Morgan fingerprint density at radius 2 is 1.43 bits per heavy atom. The van der Waals surface area contributed by atoms with E-state index in [0.717, 1.165) is 32.6 Å². The topological polar surface area (TPSA) is 50.1 Å². The van der Waals surface area contributed by atoms with Gasteiger partial charge >= 0.3 is 0 Å². The second-order valence-electron chi connectivity index (χ2n) is 5.87. The van der Waals surface area contributed by atoms with Crippen molar-refractivity contribution in [3.05, 3.63) is 12.3 Å². The molecule has 0 saturated carbocycles. The fourth-order valence-electron chi connectivity index (χ4n) is 2.31. The Kier molecular flexibility index (Phi) is 19.0. The van der Waals surface area contributed by atoms with Gasteiger partial charge in [0.1, 0.15) is 0 Å². The van der Waals surface area contributed by atoms with Crippen LogP contribution in [0.3, 0.4) is 0 Å². The maximum absolute atomic E-state index is 5.43. The van der Waals surface area contributed by atoms with E-state index in [9.17, 15) is 0 Å².